The molecule has 2 aromatic rings. The Labute approximate surface area is 133 Å². The van der Waals surface area contributed by atoms with Crippen molar-refractivity contribution in [3.63, 3.8) is 0 Å². The van der Waals surface area contributed by atoms with Gasteiger partial charge < -0.3 is 5.11 Å². The summed E-state index contributed by atoms with van der Waals surface area (Å²) in [5, 5.41) is 8.97. The molecular formula is C15H16BrNO3S. The third-order valence-electron chi connectivity index (χ3n) is 2.99. The van der Waals surface area contributed by atoms with E-state index >= 15 is 0 Å². The van der Waals surface area contributed by atoms with Gasteiger partial charge in [0.15, 0.2) is 0 Å². The van der Waals surface area contributed by atoms with E-state index in [0.29, 0.717) is 11.3 Å². The first-order chi connectivity index (χ1) is 9.89. The van der Waals surface area contributed by atoms with Crippen LogP contribution in [0.2, 0.25) is 0 Å². The number of halogens is 1. The summed E-state index contributed by atoms with van der Waals surface area (Å²) in [6.07, 6.45) is 0. The summed E-state index contributed by atoms with van der Waals surface area (Å²) in [5.74, 6) is -0.103. The molecule has 0 aliphatic heterocycles. The van der Waals surface area contributed by atoms with E-state index in [-0.39, 0.29) is 12.4 Å². The lowest BCUT2D eigenvalue weighted by molar-refractivity contribution is 0.282. The molecule has 0 saturated heterocycles. The predicted molar refractivity (Wildman–Crippen MR) is 87.5 cm³/mol. The largest absolute Gasteiger partial charge is 0.392 e. The highest BCUT2D eigenvalue weighted by Crippen LogP contribution is 2.21. The van der Waals surface area contributed by atoms with Crippen LogP contribution in [0, 0.1) is 6.92 Å². The summed E-state index contributed by atoms with van der Waals surface area (Å²) in [7, 11) is -3.46. The van der Waals surface area contributed by atoms with Gasteiger partial charge in [-0.3, -0.25) is 4.72 Å². The maximum atomic E-state index is 12.1. The first-order valence-electron chi connectivity index (χ1n) is 6.35. The number of aliphatic hydroxyl groups is 1. The maximum Gasteiger partial charge on any atom is 0.236 e. The molecule has 0 fully saturated rings. The van der Waals surface area contributed by atoms with Crippen LogP contribution in [0.15, 0.2) is 46.9 Å². The third-order valence-corrected chi connectivity index (χ3v) is 5.14. The molecule has 0 unspecified atom stereocenters. The molecule has 21 heavy (non-hydrogen) atoms. The highest BCUT2D eigenvalue weighted by Gasteiger charge is 2.12. The maximum absolute atomic E-state index is 12.1. The lowest BCUT2D eigenvalue weighted by Gasteiger charge is -2.10. The molecule has 0 amide bonds. The molecule has 0 radical (unpaired) electrons. The Bertz CT molecular complexity index is 727. The first-order valence-corrected chi connectivity index (χ1v) is 8.79. The topological polar surface area (TPSA) is 66.4 Å². The molecule has 0 aliphatic rings. The van der Waals surface area contributed by atoms with Crippen molar-refractivity contribution in [2.45, 2.75) is 19.3 Å². The van der Waals surface area contributed by atoms with Crippen molar-refractivity contribution in [2.24, 2.45) is 0 Å². The number of hydrogen-bond acceptors (Lipinski definition) is 3. The van der Waals surface area contributed by atoms with Crippen molar-refractivity contribution in [3.8, 4) is 0 Å². The molecule has 2 N–H and O–H groups in total. The summed E-state index contributed by atoms with van der Waals surface area (Å²) in [5.41, 5.74) is 2.94. The van der Waals surface area contributed by atoms with E-state index in [1.807, 2.05) is 13.0 Å². The predicted octanol–water partition coefficient (Wildman–Crippen LogP) is 3.19. The minimum absolute atomic E-state index is 0.0521. The van der Waals surface area contributed by atoms with Crippen molar-refractivity contribution < 1.29 is 13.5 Å². The number of aryl methyl sites for hydroxylation is 1. The Morgan fingerprint density at radius 2 is 1.71 bits per heavy atom. The Kier molecular flexibility index (Phi) is 5.03. The van der Waals surface area contributed by atoms with Crippen LogP contribution < -0.4 is 4.72 Å². The van der Waals surface area contributed by atoms with Gasteiger partial charge >= 0.3 is 0 Å². The monoisotopic (exact) mass is 369 g/mol. The number of anilines is 1. The Morgan fingerprint density at radius 3 is 2.29 bits per heavy atom. The Balaban J connectivity index is 2.12. The lowest BCUT2D eigenvalue weighted by Crippen LogP contribution is -2.15. The van der Waals surface area contributed by atoms with Crippen LogP contribution in [0.5, 0.6) is 0 Å². The van der Waals surface area contributed by atoms with Crippen molar-refractivity contribution in [1.29, 1.82) is 0 Å². The van der Waals surface area contributed by atoms with Gasteiger partial charge in [-0.25, -0.2) is 8.42 Å². The van der Waals surface area contributed by atoms with Gasteiger partial charge in [-0.1, -0.05) is 40.2 Å². The number of rotatable bonds is 5. The van der Waals surface area contributed by atoms with E-state index in [0.717, 1.165) is 15.6 Å². The van der Waals surface area contributed by atoms with E-state index in [1.54, 1.807) is 36.4 Å². The van der Waals surface area contributed by atoms with Crippen LogP contribution in [0.3, 0.4) is 0 Å². The lowest BCUT2D eigenvalue weighted by atomic mass is 10.2. The third kappa shape index (κ3) is 4.56. The zero-order valence-corrected chi connectivity index (χ0v) is 13.9. The average Bonchev–Trinajstić information content (AvgIpc) is 2.43. The molecule has 112 valence electrons. The number of sulfonamides is 1. The zero-order valence-electron chi connectivity index (χ0n) is 11.5. The fraction of sp³-hybridized carbons (Fsp3) is 0.200. The first kappa shape index (κ1) is 16.0. The second kappa shape index (κ2) is 6.60. The van der Waals surface area contributed by atoms with Crippen LogP contribution in [0.25, 0.3) is 0 Å². The fourth-order valence-electron chi connectivity index (χ4n) is 1.88. The summed E-state index contributed by atoms with van der Waals surface area (Å²) in [4.78, 5) is 0. The fourth-order valence-corrected chi connectivity index (χ4v) is 3.32. The molecule has 0 atom stereocenters. The van der Waals surface area contributed by atoms with E-state index in [9.17, 15) is 8.42 Å². The minimum Gasteiger partial charge on any atom is -0.392 e. The molecule has 2 aromatic carbocycles. The molecule has 0 aliphatic carbocycles. The van der Waals surface area contributed by atoms with Gasteiger partial charge in [-0.15, -0.1) is 0 Å². The van der Waals surface area contributed by atoms with Gasteiger partial charge in [0.2, 0.25) is 10.0 Å². The minimum atomic E-state index is -3.46. The van der Waals surface area contributed by atoms with Gasteiger partial charge in [0.1, 0.15) is 0 Å². The molecule has 0 saturated carbocycles. The van der Waals surface area contributed by atoms with Gasteiger partial charge in [-0.2, -0.15) is 0 Å². The smallest absolute Gasteiger partial charge is 0.236 e. The quantitative estimate of drug-likeness (QED) is 0.850. The number of aliphatic hydroxyl groups excluding tert-OH is 1. The molecule has 0 spiro atoms. The van der Waals surface area contributed by atoms with E-state index in [2.05, 4.69) is 20.7 Å². The average molecular weight is 370 g/mol. The summed E-state index contributed by atoms with van der Waals surface area (Å²) in [6.45, 7) is 1.85. The summed E-state index contributed by atoms with van der Waals surface area (Å²) < 4.78 is 27.8. The van der Waals surface area contributed by atoms with Crippen molar-refractivity contribution >= 4 is 31.6 Å². The molecule has 4 nitrogen and oxygen atoms in total. The van der Waals surface area contributed by atoms with Gasteiger partial charge in [0, 0.05) is 10.2 Å². The highest BCUT2D eigenvalue weighted by atomic mass is 79.9. The van der Waals surface area contributed by atoms with Crippen molar-refractivity contribution in [3.05, 3.63) is 63.6 Å². The van der Waals surface area contributed by atoms with Crippen LogP contribution >= 0.6 is 15.9 Å². The second-order valence-electron chi connectivity index (χ2n) is 4.80. The van der Waals surface area contributed by atoms with Crippen LogP contribution in [-0.4, -0.2) is 13.5 Å². The molecular weight excluding hydrogens is 354 g/mol. The summed E-state index contributed by atoms with van der Waals surface area (Å²) in [6, 6.07) is 12.1. The number of benzene rings is 2. The summed E-state index contributed by atoms with van der Waals surface area (Å²) >= 11 is 3.38. The van der Waals surface area contributed by atoms with E-state index < -0.39 is 10.0 Å². The van der Waals surface area contributed by atoms with Crippen molar-refractivity contribution in [1.82, 2.24) is 0 Å². The zero-order chi connectivity index (χ0) is 15.5. The van der Waals surface area contributed by atoms with Crippen LogP contribution in [0.1, 0.15) is 16.7 Å². The molecule has 0 aromatic heterocycles. The van der Waals surface area contributed by atoms with Crippen LogP contribution in [-0.2, 0) is 22.4 Å². The molecule has 0 bridgehead atoms. The van der Waals surface area contributed by atoms with E-state index in [1.165, 1.54) is 0 Å². The van der Waals surface area contributed by atoms with E-state index in [4.69, 9.17) is 5.11 Å². The number of nitrogens with one attached hydrogen (secondary N) is 1. The molecule has 2 rings (SSSR count). The number of hydrogen-bond donors (Lipinski definition) is 2. The molecule has 0 heterocycles. The Morgan fingerprint density at radius 1 is 1.10 bits per heavy atom. The van der Waals surface area contributed by atoms with Gasteiger partial charge in [0.25, 0.3) is 0 Å². The highest BCUT2D eigenvalue weighted by molar-refractivity contribution is 9.10. The standard InChI is InChI=1S/C15H16BrNO3S/c1-11-8-14(6-7-15(11)16)17-21(19,20)10-13-4-2-12(9-18)3-5-13/h2-8,17-18H,9-10H2,1H3. The molecule has 6 heteroatoms. The Hall–Kier alpha value is -1.37. The van der Waals surface area contributed by atoms with Crippen molar-refractivity contribution in [2.75, 3.05) is 4.72 Å². The van der Waals surface area contributed by atoms with Crippen LogP contribution in [0.4, 0.5) is 5.69 Å². The second-order valence-corrected chi connectivity index (χ2v) is 7.38. The van der Waals surface area contributed by atoms with Gasteiger partial charge in [0.05, 0.1) is 12.4 Å². The normalized spacial score (nSPS) is 11.4. The van der Waals surface area contributed by atoms with Gasteiger partial charge in [-0.05, 0) is 41.8 Å². The SMILES string of the molecule is Cc1cc(NS(=O)(=O)Cc2ccc(CO)cc2)ccc1Br.